The maximum atomic E-state index is 13.6. The van der Waals surface area contributed by atoms with Gasteiger partial charge in [0.2, 0.25) is 5.91 Å². The summed E-state index contributed by atoms with van der Waals surface area (Å²) in [5.41, 5.74) is -0.706. The van der Waals surface area contributed by atoms with E-state index in [-0.39, 0.29) is 19.2 Å². The molecule has 2 atom stereocenters. The predicted molar refractivity (Wildman–Crippen MR) is 134 cm³/mol. The van der Waals surface area contributed by atoms with Crippen molar-refractivity contribution in [3.8, 4) is 0 Å². The van der Waals surface area contributed by atoms with Gasteiger partial charge in [0.15, 0.2) is 16.4 Å². The van der Waals surface area contributed by atoms with Gasteiger partial charge in [-0.2, -0.15) is 0 Å². The van der Waals surface area contributed by atoms with Crippen LogP contribution >= 0.6 is 12.2 Å². The van der Waals surface area contributed by atoms with Gasteiger partial charge < -0.3 is 25.2 Å². The van der Waals surface area contributed by atoms with Gasteiger partial charge in [0, 0.05) is 25.2 Å². The first-order valence-electron chi connectivity index (χ1n) is 11.3. The van der Waals surface area contributed by atoms with Crippen molar-refractivity contribution in [2.24, 2.45) is 0 Å². The molecular formula is C25H29N5O4S. The van der Waals surface area contributed by atoms with Crippen LogP contribution < -0.4 is 10.6 Å². The molecule has 2 aliphatic heterocycles. The van der Waals surface area contributed by atoms with Gasteiger partial charge in [-0.15, -0.1) is 0 Å². The number of fused-ring (bicyclic) bond motifs is 1. The van der Waals surface area contributed by atoms with Gasteiger partial charge in [-0.3, -0.25) is 14.5 Å². The average molecular weight is 496 g/mol. The molecule has 2 aromatic carbocycles. The van der Waals surface area contributed by atoms with Crippen molar-refractivity contribution in [3.05, 3.63) is 71.8 Å². The number of ether oxygens (including phenoxy) is 1. The van der Waals surface area contributed by atoms with Gasteiger partial charge in [0.25, 0.3) is 0 Å². The Balaban J connectivity index is 1.81. The molecule has 0 bridgehead atoms. The highest BCUT2D eigenvalue weighted by atomic mass is 32.1. The van der Waals surface area contributed by atoms with Crippen molar-refractivity contribution >= 4 is 35.2 Å². The fourth-order valence-electron chi connectivity index (χ4n) is 5.14. The van der Waals surface area contributed by atoms with Crippen molar-refractivity contribution in [1.82, 2.24) is 25.3 Å². The molecule has 2 heterocycles. The Morgan fingerprint density at radius 3 is 2.14 bits per heavy atom. The fraction of sp³-hybridized carbons (Fsp3) is 0.360. The largest absolute Gasteiger partial charge is 0.462 e. The summed E-state index contributed by atoms with van der Waals surface area (Å²) in [5.74, 6) is -1.04. The monoisotopic (exact) mass is 495 g/mol. The molecule has 0 radical (unpaired) electrons. The first-order chi connectivity index (χ1) is 16.7. The zero-order chi connectivity index (χ0) is 25.4. The number of likely N-dealkylation sites (N-methyl/N-ethyl adjacent to an activating group) is 2. The first kappa shape index (κ1) is 24.5. The number of hydrogen-bond donors (Lipinski definition) is 2. The number of nitrogens with zero attached hydrogens (tertiary/aromatic N) is 3. The van der Waals surface area contributed by atoms with Crippen molar-refractivity contribution < 1.29 is 19.1 Å². The Labute approximate surface area is 210 Å². The number of urea groups is 1. The van der Waals surface area contributed by atoms with E-state index >= 15 is 0 Å². The van der Waals surface area contributed by atoms with E-state index in [1.165, 1.54) is 4.90 Å². The number of esters is 1. The topological polar surface area (TPSA) is 94.2 Å². The van der Waals surface area contributed by atoms with Crippen LogP contribution in [0.1, 0.15) is 25.0 Å². The lowest BCUT2D eigenvalue weighted by molar-refractivity contribution is -0.147. The molecule has 0 saturated carbocycles. The second kappa shape index (κ2) is 9.18. The zero-order valence-electron chi connectivity index (χ0n) is 20.1. The summed E-state index contributed by atoms with van der Waals surface area (Å²) < 4.78 is 5.09. The standard InChI is InChI=1S/C25H29N5O4S/c1-17(2)34-21(32)15-26-20(31)16-30-22(33)27-24(18-11-7-5-8-12-18)25(30,19-13-9-6-10-14-19)29(4)23(35)28(24)3/h5-14,17H,15-16H2,1-4H3,(H,26,31)(H,27,33). The Morgan fingerprint density at radius 1 is 1.00 bits per heavy atom. The third kappa shape index (κ3) is 3.68. The number of thiocarbonyl (C=S) groups is 1. The summed E-state index contributed by atoms with van der Waals surface area (Å²) in [6.07, 6.45) is -0.291. The molecule has 2 aliphatic rings. The molecule has 2 unspecified atom stereocenters. The molecule has 9 nitrogen and oxygen atoms in total. The molecule has 2 saturated heterocycles. The number of carbonyl (C=O) groups is 3. The minimum Gasteiger partial charge on any atom is -0.462 e. The first-order valence-corrected chi connectivity index (χ1v) is 11.8. The van der Waals surface area contributed by atoms with Crippen LogP contribution in [0.3, 0.4) is 0 Å². The number of carbonyl (C=O) groups excluding carboxylic acids is 3. The quantitative estimate of drug-likeness (QED) is 0.448. The number of hydrogen-bond acceptors (Lipinski definition) is 5. The molecule has 184 valence electrons. The SMILES string of the molecule is CC(C)OC(=O)CNC(=O)CN1C(=O)NC2(c3ccccc3)N(C)C(=S)N(C)C12c1ccccc1. The third-order valence-electron chi connectivity index (χ3n) is 6.46. The lowest BCUT2D eigenvalue weighted by Gasteiger charge is -2.47. The maximum absolute atomic E-state index is 13.6. The second-order valence-electron chi connectivity index (χ2n) is 8.85. The van der Waals surface area contributed by atoms with Gasteiger partial charge in [0.1, 0.15) is 13.1 Å². The summed E-state index contributed by atoms with van der Waals surface area (Å²) >= 11 is 5.81. The lowest BCUT2D eigenvalue weighted by Crippen LogP contribution is -2.63. The molecule has 2 N–H and O–H groups in total. The minimum absolute atomic E-state index is 0.289. The van der Waals surface area contributed by atoms with E-state index in [1.807, 2.05) is 84.6 Å². The molecular weight excluding hydrogens is 466 g/mol. The van der Waals surface area contributed by atoms with Crippen LogP contribution in [-0.4, -0.2) is 71.0 Å². The molecule has 35 heavy (non-hydrogen) atoms. The third-order valence-corrected chi connectivity index (χ3v) is 7.00. The Morgan fingerprint density at radius 2 is 1.57 bits per heavy atom. The Hall–Kier alpha value is -3.66. The highest BCUT2D eigenvalue weighted by molar-refractivity contribution is 7.80. The summed E-state index contributed by atoms with van der Waals surface area (Å²) in [6, 6.07) is 18.6. The zero-order valence-corrected chi connectivity index (χ0v) is 21.0. The smallest absolute Gasteiger partial charge is 0.325 e. The number of benzene rings is 2. The number of nitrogens with one attached hydrogen (secondary N) is 2. The van der Waals surface area contributed by atoms with Crippen molar-refractivity contribution in [2.75, 3.05) is 27.2 Å². The summed E-state index contributed by atoms with van der Waals surface area (Å²) in [4.78, 5) is 43.7. The van der Waals surface area contributed by atoms with Crippen molar-refractivity contribution in [1.29, 1.82) is 0 Å². The fourth-order valence-corrected chi connectivity index (χ4v) is 5.41. The molecule has 10 heteroatoms. The molecule has 0 aliphatic carbocycles. The van der Waals surface area contributed by atoms with E-state index in [0.717, 1.165) is 11.1 Å². The molecule has 0 spiro atoms. The number of rotatable bonds is 7. The van der Waals surface area contributed by atoms with Crippen LogP contribution in [0.4, 0.5) is 4.79 Å². The van der Waals surface area contributed by atoms with Crippen LogP contribution in [0.5, 0.6) is 0 Å². The van der Waals surface area contributed by atoms with Crippen LogP contribution in [-0.2, 0) is 25.7 Å². The van der Waals surface area contributed by atoms with E-state index in [9.17, 15) is 14.4 Å². The minimum atomic E-state index is -1.19. The van der Waals surface area contributed by atoms with E-state index in [4.69, 9.17) is 17.0 Å². The highest BCUT2D eigenvalue weighted by Crippen LogP contribution is 2.56. The van der Waals surface area contributed by atoms with Gasteiger partial charge in [-0.05, 0) is 26.1 Å². The van der Waals surface area contributed by atoms with E-state index in [2.05, 4.69) is 10.6 Å². The van der Waals surface area contributed by atoms with Gasteiger partial charge in [-0.1, -0.05) is 60.7 Å². The van der Waals surface area contributed by atoms with Crippen molar-refractivity contribution in [2.45, 2.75) is 31.3 Å². The van der Waals surface area contributed by atoms with Crippen LogP contribution in [0.15, 0.2) is 60.7 Å². The number of amides is 3. The van der Waals surface area contributed by atoms with E-state index in [0.29, 0.717) is 5.11 Å². The van der Waals surface area contributed by atoms with Crippen LogP contribution in [0.2, 0.25) is 0 Å². The molecule has 2 fully saturated rings. The van der Waals surface area contributed by atoms with Crippen LogP contribution in [0, 0.1) is 0 Å². The van der Waals surface area contributed by atoms with Crippen molar-refractivity contribution in [3.63, 3.8) is 0 Å². The van der Waals surface area contributed by atoms with Gasteiger partial charge >= 0.3 is 12.0 Å². The Kier molecular flexibility index (Phi) is 6.42. The normalized spacial score (nSPS) is 23.4. The molecule has 4 rings (SSSR count). The summed E-state index contributed by atoms with van der Waals surface area (Å²) in [5, 5.41) is 6.23. The van der Waals surface area contributed by atoms with Crippen LogP contribution in [0.25, 0.3) is 0 Å². The Bertz CT molecular complexity index is 1150. The second-order valence-corrected chi connectivity index (χ2v) is 9.21. The predicted octanol–water partition coefficient (Wildman–Crippen LogP) is 1.95. The lowest BCUT2D eigenvalue weighted by atomic mass is 9.80. The highest BCUT2D eigenvalue weighted by Gasteiger charge is 2.74. The maximum Gasteiger partial charge on any atom is 0.325 e. The molecule has 3 amide bonds. The summed E-state index contributed by atoms with van der Waals surface area (Å²) in [6.45, 7) is 2.88. The molecule has 2 aromatic rings. The van der Waals surface area contributed by atoms with E-state index in [1.54, 1.807) is 13.8 Å². The van der Waals surface area contributed by atoms with E-state index < -0.39 is 29.2 Å². The van der Waals surface area contributed by atoms with Gasteiger partial charge in [0.05, 0.1) is 6.10 Å². The molecule has 0 aromatic heterocycles. The van der Waals surface area contributed by atoms with Gasteiger partial charge in [-0.25, -0.2) is 4.79 Å². The average Bonchev–Trinajstić information content (AvgIpc) is 3.20. The summed E-state index contributed by atoms with van der Waals surface area (Å²) in [7, 11) is 3.66.